The zero-order chi connectivity index (χ0) is 14.6. The molecule has 0 saturated heterocycles. The second kappa shape index (κ2) is 6.13. The molecule has 0 N–H and O–H groups in total. The summed E-state index contributed by atoms with van der Waals surface area (Å²) in [7, 11) is -2.40. The fraction of sp³-hybridized carbons (Fsp3) is 0.462. The number of nitrogens with zero attached hydrogens (tertiary/aromatic N) is 2. The summed E-state index contributed by atoms with van der Waals surface area (Å²) in [5.74, 6) is -0.626. The van der Waals surface area contributed by atoms with Crippen molar-refractivity contribution in [3.05, 3.63) is 29.6 Å². The maximum Gasteiger partial charge on any atom is 0.244 e. The van der Waals surface area contributed by atoms with Gasteiger partial charge in [-0.2, -0.15) is 5.26 Å². The minimum absolute atomic E-state index is 0.193. The van der Waals surface area contributed by atoms with Gasteiger partial charge in [-0.1, -0.05) is 26.3 Å². The minimum atomic E-state index is -3.84. The summed E-state index contributed by atoms with van der Waals surface area (Å²) in [5, 5.41) is 8.90. The Labute approximate surface area is 113 Å². The van der Waals surface area contributed by atoms with Gasteiger partial charge < -0.3 is 0 Å². The van der Waals surface area contributed by atoms with Gasteiger partial charge in [0.25, 0.3) is 0 Å². The summed E-state index contributed by atoms with van der Waals surface area (Å²) in [6.45, 7) is 4.23. The SMILES string of the molecule is CCC(C)CN(C)S(=O)(=O)c1cccc(F)c1C#N. The molecule has 4 nitrogen and oxygen atoms in total. The molecule has 0 aliphatic heterocycles. The Balaban J connectivity index is 3.22. The molecular weight excluding hydrogens is 267 g/mol. The van der Waals surface area contributed by atoms with Gasteiger partial charge in [0.1, 0.15) is 22.3 Å². The standard InChI is InChI=1S/C13H17FN2O2S/c1-4-10(2)9-16(3)19(17,18)13-7-5-6-12(14)11(13)8-15/h5-7,10H,4,9H2,1-3H3. The molecule has 0 radical (unpaired) electrons. The maximum absolute atomic E-state index is 13.5. The van der Waals surface area contributed by atoms with Gasteiger partial charge in [-0.3, -0.25) is 0 Å². The van der Waals surface area contributed by atoms with Crippen LogP contribution in [0.1, 0.15) is 25.8 Å². The number of sulfonamides is 1. The molecule has 0 aromatic heterocycles. The number of nitriles is 1. The molecule has 6 heteroatoms. The average Bonchev–Trinajstić information content (AvgIpc) is 2.37. The predicted octanol–water partition coefficient (Wildman–Crippen LogP) is 2.36. The second-order valence-corrected chi connectivity index (χ2v) is 6.54. The van der Waals surface area contributed by atoms with Crippen molar-refractivity contribution >= 4 is 10.0 Å². The van der Waals surface area contributed by atoms with Crippen LogP contribution in [0.2, 0.25) is 0 Å². The predicted molar refractivity (Wildman–Crippen MR) is 70.4 cm³/mol. The van der Waals surface area contributed by atoms with Gasteiger partial charge in [0, 0.05) is 13.6 Å². The molecule has 0 bridgehead atoms. The quantitative estimate of drug-likeness (QED) is 0.834. The Hall–Kier alpha value is -1.45. The van der Waals surface area contributed by atoms with Gasteiger partial charge in [-0.05, 0) is 18.1 Å². The highest BCUT2D eigenvalue weighted by atomic mass is 32.2. The third kappa shape index (κ3) is 3.31. The number of rotatable bonds is 5. The van der Waals surface area contributed by atoms with E-state index in [1.165, 1.54) is 19.2 Å². The Morgan fingerprint density at radius 3 is 2.63 bits per heavy atom. The first kappa shape index (κ1) is 15.6. The van der Waals surface area contributed by atoms with Crippen LogP contribution < -0.4 is 0 Å². The second-order valence-electron chi connectivity index (χ2n) is 4.52. The summed E-state index contributed by atoms with van der Waals surface area (Å²) in [4.78, 5) is -0.277. The molecule has 1 atom stereocenters. The van der Waals surface area contributed by atoms with Crippen LogP contribution in [0, 0.1) is 23.1 Å². The molecule has 0 heterocycles. The van der Waals surface area contributed by atoms with Crippen LogP contribution in [0.5, 0.6) is 0 Å². The number of hydrogen-bond donors (Lipinski definition) is 0. The third-order valence-corrected chi connectivity index (χ3v) is 4.91. The van der Waals surface area contributed by atoms with Gasteiger partial charge in [-0.25, -0.2) is 17.1 Å². The van der Waals surface area contributed by atoms with Crippen LogP contribution >= 0.6 is 0 Å². The molecule has 1 unspecified atom stereocenters. The van der Waals surface area contributed by atoms with E-state index in [1.54, 1.807) is 6.07 Å². The van der Waals surface area contributed by atoms with Crippen LogP contribution in [0.4, 0.5) is 4.39 Å². The highest BCUT2D eigenvalue weighted by Crippen LogP contribution is 2.22. The van der Waals surface area contributed by atoms with Crippen LogP contribution in [0.15, 0.2) is 23.1 Å². The smallest absolute Gasteiger partial charge is 0.207 e. The highest BCUT2D eigenvalue weighted by molar-refractivity contribution is 7.89. The van der Waals surface area contributed by atoms with Crippen molar-refractivity contribution in [2.45, 2.75) is 25.2 Å². The molecule has 1 aromatic carbocycles. The molecule has 0 aliphatic carbocycles. The first-order chi connectivity index (χ1) is 8.84. The van der Waals surface area contributed by atoms with Gasteiger partial charge in [-0.15, -0.1) is 0 Å². The number of hydrogen-bond acceptors (Lipinski definition) is 3. The van der Waals surface area contributed by atoms with E-state index in [0.29, 0.717) is 6.54 Å². The summed E-state index contributed by atoms with van der Waals surface area (Å²) < 4.78 is 39.3. The van der Waals surface area contributed by atoms with E-state index in [9.17, 15) is 12.8 Å². The van der Waals surface area contributed by atoms with Gasteiger partial charge >= 0.3 is 0 Å². The number of benzene rings is 1. The average molecular weight is 284 g/mol. The largest absolute Gasteiger partial charge is 0.244 e. The molecule has 0 spiro atoms. The molecule has 0 aliphatic rings. The van der Waals surface area contributed by atoms with Crippen molar-refractivity contribution in [1.82, 2.24) is 4.31 Å². The van der Waals surface area contributed by atoms with Gasteiger partial charge in [0.2, 0.25) is 10.0 Å². The van der Waals surface area contributed by atoms with Crippen molar-refractivity contribution in [2.75, 3.05) is 13.6 Å². The first-order valence-corrected chi connectivity index (χ1v) is 7.43. The zero-order valence-corrected chi connectivity index (χ0v) is 12.0. The lowest BCUT2D eigenvalue weighted by molar-refractivity contribution is 0.393. The molecule has 0 amide bonds. The maximum atomic E-state index is 13.5. The van der Waals surface area contributed by atoms with E-state index in [4.69, 9.17) is 5.26 Å². The van der Waals surface area contributed by atoms with Crippen LogP contribution in [-0.4, -0.2) is 26.3 Å². The molecule has 1 aromatic rings. The third-order valence-electron chi connectivity index (χ3n) is 3.04. The molecule has 1 rings (SSSR count). The van der Waals surface area contributed by atoms with Crippen molar-refractivity contribution < 1.29 is 12.8 Å². The minimum Gasteiger partial charge on any atom is -0.207 e. The van der Waals surface area contributed by atoms with Crippen LogP contribution in [-0.2, 0) is 10.0 Å². The van der Waals surface area contributed by atoms with Gasteiger partial charge in [0.05, 0.1) is 0 Å². The Morgan fingerprint density at radius 1 is 1.47 bits per heavy atom. The fourth-order valence-electron chi connectivity index (χ4n) is 1.66. The van der Waals surface area contributed by atoms with E-state index in [1.807, 2.05) is 13.8 Å². The van der Waals surface area contributed by atoms with Crippen molar-refractivity contribution in [3.8, 4) is 6.07 Å². The first-order valence-electron chi connectivity index (χ1n) is 5.99. The lowest BCUT2D eigenvalue weighted by atomic mass is 10.1. The Kier molecular flexibility index (Phi) is 5.04. The Morgan fingerprint density at radius 2 is 2.11 bits per heavy atom. The van der Waals surface area contributed by atoms with E-state index in [2.05, 4.69) is 0 Å². The lowest BCUT2D eigenvalue weighted by Crippen LogP contribution is -2.31. The van der Waals surface area contributed by atoms with Crippen molar-refractivity contribution in [3.63, 3.8) is 0 Å². The molecular formula is C13H17FN2O2S. The number of halogens is 1. The lowest BCUT2D eigenvalue weighted by Gasteiger charge is -2.21. The van der Waals surface area contributed by atoms with E-state index >= 15 is 0 Å². The Bertz CT molecular complexity index is 593. The van der Waals surface area contributed by atoms with Gasteiger partial charge in [0.15, 0.2) is 0 Å². The normalized spacial score (nSPS) is 13.3. The molecule has 0 fully saturated rings. The van der Waals surface area contributed by atoms with Crippen LogP contribution in [0.3, 0.4) is 0 Å². The summed E-state index contributed by atoms with van der Waals surface area (Å²) in [6, 6.07) is 5.23. The van der Waals surface area contributed by atoms with E-state index < -0.39 is 21.4 Å². The van der Waals surface area contributed by atoms with Crippen LogP contribution in [0.25, 0.3) is 0 Å². The fourth-order valence-corrected chi connectivity index (χ4v) is 3.10. The summed E-state index contributed by atoms with van der Waals surface area (Å²) >= 11 is 0. The van der Waals surface area contributed by atoms with Crippen molar-refractivity contribution in [1.29, 1.82) is 5.26 Å². The van der Waals surface area contributed by atoms with Crippen molar-refractivity contribution in [2.24, 2.45) is 5.92 Å². The molecule has 19 heavy (non-hydrogen) atoms. The molecule has 0 saturated carbocycles. The topological polar surface area (TPSA) is 61.2 Å². The summed E-state index contributed by atoms with van der Waals surface area (Å²) in [6.07, 6.45) is 0.841. The highest BCUT2D eigenvalue weighted by Gasteiger charge is 2.26. The van der Waals surface area contributed by atoms with E-state index in [-0.39, 0.29) is 10.8 Å². The summed E-state index contributed by atoms with van der Waals surface area (Å²) in [5.41, 5.74) is -0.432. The monoisotopic (exact) mass is 284 g/mol. The zero-order valence-electron chi connectivity index (χ0n) is 11.2. The molecule has 104 valence electrons. The van der Waals surface area contributed by atoms with E-state index in [0.717, 1.165) is 16.8 Å².